The van der Waals surface area contributed by atoms with Gasteiger partial charge in [0.15, 0.2) is 6.04 Å². The Morgan fingerprint density at radius 1 is 1.23 bits per heavy atom. The number of rotatable bonds is 8. The Balaban J connectivity index is 2.47. The number of aliphatic hydroxyl groups excluding tert-OH is 1. The van der Waals surface area contributed by atoms with Gasteiger partial charge in [-0.05, 0) is 18.9 Å². The predicted octanol–water partition coefficient (Wildman–Crippen LogP) is 2.01. The first-order chi connectivity index (χ1) is 10.5. The van der Waals surface area contributed by atoms with Gasteiger partial charge in [0.05, 0.1) is 12.7 Å². The molecular formula is C16H23NO5. The molecule has 2 N–H and O–H groups in total. The van der Waals surface area contributed by atoms with Crippen LogP contribution in [-0.2, 0) is 20.9 Å². The van der Waals surface area contributed by atoms with Crippen molar-refractivity contribution in [3.05, 3.63) is 35.9 Å². The van der Waals surface area contributed by atoms with Crippen LogP contribution in [0.15, 0.2) is 30.3 Å². The Morgan fingerprint density at radius 3 is 2.50 bits per heavy atom. The summed E-state index contributed by atoms with van der Waals surface area (Å²) in [4.78, 5) is 23.5. The lowest BCUT2D eigenvalue weighted by Crippen LogP contribution is -2.48. The molecule has 2 unspecified atom stereocenters. The van der Waals surface area contributed by atoms with Crippen LogP contribution in [0, 0.1) is 0 Å². The normalized spacial score (nSPS) is 13.0. The minimum absolute atomic E-state index is 0.0788. The van der Waals surface area contributed by atoms with Gasteiger partial charge < -0.3 is 19.9 Å². The van der Waals surface area contributed by atoms with Gasteiger partial charge in [0, 0.05) is 0 Å². The number of amides is 1. The van der Waals surface area contributed by atoms with Crippen LogP contribution >= 0.6 is 0 Å². The number of ether oxygens (including phenoxy) is 2. The predicted molar refractivity (Wildman–Crippen MR) is 81.1 cm³/mol. The van der Waals surface area contributed by atoms with Gasteiger partial charge in [-0.1, -0.05) is 43.7 Å². The highest BCUT2D eigenvalue weighted by Gasteiger charge is 2.27. The van der Waals surface area contributed by atoms with Gasteiger partial charge in [-0.2, -0.15) is 0 Å². The average Bonchev–Trinajstić information content (AvgIpc) is 2.51. The number of alkyl carbamates (subject to hydrolysis) is 1. The summed E-state index contributed by atoms with van der Waals surface area (Å²) in [7, 11) is 0. The zero-order chi connectivity index (χ0) is 16.4. The molecule has 0 bridgehead atoms. The molecule has 22 heavy (non-hydrogen) atoms. The number of esters is 1. The van der Waals surface area contributed by atoms with Crippen molar-refractivity contribution < 1.29 is 24.2 Å². The van der Waals surface area contributed by atoms with E-state index < -0.39 is 24.2 Å². The summed E-state index contributed by atoms with van der Waals surface area (Å²) in [6.07, 6.45) is -0.185. The quantitative estimate of drug-likeness (QED) is 0.567. The van der Waals surface area contributed by atoms with Gasteiger partial charge >= 0.3 is 12.1 Å². The molecule has 1 amide bonds. The minimum Gasteiger partial charge on any atom is -0.459 e. The van der Waals surface area contributed by atoms with Crippen molar-refractivity contribution in [2.24, 2.45) is 0 Å². The summed E-state index contributed by atoms with van der Waals surface area (Å²) in [5, 5.41) is 12.0. The third-order valence-electron chi connectivity index (χ3n) is 2.96. The van der Waals surface area contributed by atoms with E-state index >= 15 is 0 Å². The second kappa shape index (κ2) is 9.78. The first-order valence-electron chi connectivity index (χ1n) is 7.36. The molecule has 0 radical (unpaired) electrons. The smallest absolute Gasteiger partial charge is 0.407 e. The van der Waals surface area contributed by atoms with Gasteiger partial charge in [-0.3, -0.25) is 0 Å². The maximum atomic E-state index is 12.0. The van der Waals surface area contributed by atoms with Crippen LogP contribution in [-0.4, -0.2) is 35.9 Å². The van der Waals surface area contributed by atoms with Crippen LogP contribution in [0.4, 0.5) is 4.79 Å². The Morgan fingerprint density at radius 2 is 1.91 bits per heavy atom. The lowest BCUT2D eigenvalue weighted by atomic mass is 10.2. The van der Waals surface area contributed by atoms with Crippen molar-refractivity contribution in [3.8, 4) is 0 Å². The van der Waals surface area contributed by atoms with Crippen LogP contribution in [0.25, 0.3) is 0 Å². The van der Waals surface area contributed by atoms with Crippen LogP contribution in [0.3, 0.4) is 0 Å². The minimum atomic E-state index is -1.15. The largest absolute Gasteiger partial charge is 0.459 e. The van der Waals surface area contributed by atoms with Gasteiger partial charge in [-0.15, -0.1) is 0 Å². The molecule has 0 heterocycles. The molecule has 6 heteroatoms. The molecule has 0 spiro atoms. The summed E-state index contributed by atoms with van der Waals surface area (Å²) in [5.41, 5.74) is 0.825. The van der Waals surface area contributed by atoms with Crippen molar-refractivity contribution in [2.45, 2.75) is 45.4 Å². The molecule has 0 aliphatic carbocycles. The standard InChI is InChI=1S/C16H23NO5/c1-3-4-10-21-16(20)17-14(12(2)18)15(19)22-11-13-8-6-5-7-9-13/h5-9,12,14,18H,3-4,10-11H2,1-2H3,(H,17,20). The first kappa shape index (κ1) is 18.0. The van der Waals surface area contributed by atoms with Crippen molar-refractivity contribution in [1.82, 2.24) is 5.32 Å². The summed E-state index contributed by atoms with van der Waals surface area (Å²) >= 11 is 0. The summed E-state index contributed by atoms with van der Waals surface area (Å²) in [6.45, 7) is 3.73. The van der Waals surface area contributed by atoms with Crippen molar-refractivity contribution in [3.63, 3.8) is 0 Å². The van der Waals surface area contributed by atoms with E-state index in [1.807, 2.05) is 37.3 Å². The molecule has 0 aliphatic rings. The molecule has 6 nitrogen and oxygen atoms in total. The lowest BCUT2D eigenvalue weighted by Gasteiger charge is -2.19. The number of hydrogen-bond acceptors (Lipinski definition) is 5. The number of aliphatic hydroxyl groups is 1. The third-order valence-corrected chi connectivity index (χ3v) is 2.96. The Kier molecular flexibility index (Phi) is 7.99. The molecule has 0 saturated carbocycles. The van der Waals surface area contributed by atoms with E-state index in [2.05, 4.69) is 5.32 Å². The number of carbonyl (C=O) groups is 2. The second-order valence-corrected chi connectivity index (χ2v) is 4.95. The Hall–Kier alpha value is -2.08. The van der Waals surface area contributed by atoms with Crippen molar-refractivity contribution in [1.29, 1.82) is 0 Å². The highest BCUT2D eigenvalue weighted by atomic mass is 16.6. The lowest BCUT2D eigenvalue weighted by molar-refractivity contribution is -0.150. The molecule has 0 fully saturated rings. The molecule has 0 aromatic heterocycles. The van der Waals surface area contributed by atoms with Crippen LogP contribution in [0.2, 0.25) is 0 Å². The van der Waals surface area contributed by atoms with Crippen molar-refractivity contribution in [2.75, 3.05) is 6.61 Å². The molecule has 2 atom stereocenters. The molecule has 0 aliphatic heterocycles. The van der Waals surface area contributed by atoms with E-state index in [-0.39, 0.29) is 13.2 Å². The maximum Gasteiger partial charge on any atom is 0.407 e. The van der Waals surface area contributed by atoms with Gasteiger partial charge in [-0.25, -0.2) is 9.59 Å². The zero-order valence-corrected chi connectivity index (χ0v) is 13.0. The van der Waals surface area contributed by atoms with E-state index in [0.29, 0.717) is 0 Å². The van der Waals surface area contributed by atoms with E-state index in [1.54, 1.807) is 0 Å². The van der Waals surface area contributed by atoms with Crippen molar-refractivity contribution >= 4 is 12.1 Å². The molecule has 1 aromatic carbocycles. The summed E-state index contributed by atoms with van der Waals surface area (Å²) < 4.78 is 10.0. The van der Waals surface area contributed by atoms with E-state index in [1.165, 1.54) is 6.92 Å². The highest BCUT2D eigenvalue weighted by Crippen LogP contribution is 2.04. The number of hydrogen-bond donors (Lipinski definition) is 2. The molecule has 1 aromatic rings. The van der Waals surface area contributed by atoms with Gasteiger partial charge in [0.2, 0.25) is 0 Å². The van der Waals surface area contributed by atoms with Gasteiger partial charge in [0.1, 0.15) is 6.61 Å². The fraction of sp³-hybridized carbons (Fsp3) is 0.500. The first-order valence-corrected chi connectivity index (χ1v) is 7.36. The van der Waals surface area contributed by atoms with Crippen LogP contribution in [0.5, 0.6) is 0 Å². The topological polar surface area (TPSA) is 84.9 Å². The van der Waals surface area contributed by atoms with Crippen LogP contribution in [0.1, 0.15) is 32.3 Å². The average molecular weight is 309 g/mol. The van der Waals surface area contributed by atoms with E-state index in [9.17, 15) is 14.7 Å². The van der Waals surface area contributed by atoms with Gasteiger partial charge in [0.25, 0.3) is 0 Å². The number of unbranched alkanes of at least 4 members (excludes halogenated alkanes) is 1. The summed E-state index contributed by atoms with van der Waals surface area (Å²) in [6, 6.07) is 8.00. The van der Waals surface area contributed by atoms with E-state index in [0.717, 1.165) is 18.4 Å². The SMILES string of the molecule is CCCCOC(=O)NC(C(=O)OCc1ccccc1)C(C)O. The third kappa shape index (κ3) is 6.58. The molecule has 0 saturated heterocycles. The number of carbonyl (C=O) groups excluding carboxylic acids is 2. The Bertz CT molecular complexity index is 461. The van der Waals surface area contributed by atoms with E-state index in [4.69, 9.17) is 9.47 Å². The maximum absolute atomic E-state index is 12.0. The fourth-order valence-corrected chi connectivity index (χ4v) is 1.67. The highest BCUT2D eigenvalue weighted by molar-refractivity contribution is 5.81. The molecule has 122 valence electrons. The summed E-state index contributed by atoms with van der Waals surface area (Å²) in [5.74, 6) is -0.703. The monoisotopic (exact) mass is 309 g/mol. The molecular weight excluding hydrogens is 286 g/mol. The van der Waals surface area contributed by atoms with Crippen LogP contribution < -0.4 is 5.32 Å². The Labute approximate surface area is 130 Å². The fourth-order valence-electron chi connectivity index (χ4n) is 1.67. The number of benzene rings is 1. The number of nitrogens with one attached hydrogen (secondary N) is 1. The molecule has 1 rings (SSSR count). The second-order valence-electron chi connectivity index (χ2n) is 4.95. The zero-order valence-electron chi connectivity index (χ0n) is 13.0.